The van der Waals surface area contributed by atoms with Crippen LogP contribution in [0.3, 0.4) is 0 Å². The van der Waals surface area contributed by atoms with Crippen molar-refractivity contribution in [1.82, 2.24) is 5.32 Å². The van der Waals surface area contributed by atoms with E-state index in [1.165, 1.54) is 379 Å². The van der Waals surface area contributed by atoms with Gasteiger partial charge in [-0.3, -0.25) is 9.59 Å². The number of esters is 1. The third-order valence-electron chi connectivity index (χ3n) is 18.3. The minimum atomic E-state index is -0.841. The van der Waals surface area contributed by atoms with E-state index < -0.39 is 12.1 Å². The molecule has 0 saturated carbocycles. The van der Waals surface area contributed by atoms with Crippen molar-refractivity contribution < 1.29 is 24.5 Å². The van der Waals surface area contributed by atoms with Gasteiger partial charge in [0, 0.05) is 12.8 Å². The van der Waals surface area contributed by atoms with E-state index in [1.807, 2.05) is 6.08 Å². The molecule has 83 heavy (non-hydrogen) atoms. The molecule has 0 fully saturated rings. The topological polar surface area (TPSA) is 95.9 Å². The van der Waals surface area contributed by atoms with Gasteiger partial charge < -0.3 is 20.3 Å². The third-order valence-corrected chi connectivity index (χ3v) is 18.3. The van der Waals surface area contributed by atoms with Crippen molar-refractivity contribution in [2.75, 3.05) is 13.2 Å². The average Bonchev–Trinajstić information content (AvgIpc) is 3.49. The summed E-state index contributed by atoms with van der Waals surface area (Å²) in [5.74, 6) is -0.0337. The highest BCUT2D eigenvalue weighted by Crippen LogP contribution is 2.20. The number of aliphatic hydroxyl groups is 2. The molecule has 1 amide bonds. The number of aliphatic hydroxyl groups excluding tert-OH is 2. The van der Waals surface area contributed by atoms with Crippen molar-refractivity contribution in [3.05, 3.63) is 12.2 Å². The van der Waals surface area contributed by atoms with Crippen LogP contribution in [0.2, 0.25) is 0 Å². The predicted molar refractivity (Wildman–Crippen MR) is 366 cm³/mol. The van der Waals surface area contributed by atoms with Gasteiger partial charge in [-0.25, -0.2) is 0 Å². The Balaban J connectivity index is 3.32. The first-order chi connectivity index (χ1) is 41.0. The molecule has 0 heterocycles. The Kier molecular flexibility index (Phi) is 71.8. The Morgan fingerprint density at radius 3 is 0.819 bits per heavy atom. The van der Waals surface area contributed by atoms with Gasteiger partial charge in [0.2, 0.25) is 5.91 Å². The zero-order valence-corrected chi connectivity index (χ0v) is 56.7. The van der Waals surface area contributed by atoms with Crippen LogP contribution >= 0.6 is 0 Å². The Hall–Kier alpha value is -1.40. The van der Waals surface area contributed by atoms with Crippen molar-refractivity contribution in [2.45, 2.75) is 456 Å². The van der Waals surface area contributed by atoms with E-state index in [4.69, 9.17) is 4.74 Å². The minimum absolute atomic E-state index is 0.0260. The molecule has 0 radical (unpaired) electrons. The maximum Gasteiger partial charge on any atom is 0.305 e. The van der Waals surface area contributed by atoms with Crippen LogP contribution in [0.25, 0.3) is 0 Å². The van der Waals surface area contributed by atoms with E-state index in [9.17, 15) is 19.8 Å². The molecule has 3 N–H and O–H groups in total. The number of carbonyl (C=O) groups is 2. The molecule has 0 aliphatic rings. The fourth-order valence-electron chi connectivity index (χ4n) is 12.5. The highest BCUT2D eigenvalue weighted by molar-refractivity contribution is 5.76. The monoisotopic (exact) mass is 1170 g/mol. The maximum absolute atomic E-state index is 12.5. The molecular weight excluding hydrogens is 1020 g/mol. The molecule has 0 aromatic heterocycles. The van der Waals surface area contributed by atoms with Gasteiger partial charge in [0.05, 0.1) is 25.4 Å². The number of nitrogens with one attached hydrogen (secondary N) is 1. The lowest BCUT2D eigenvalue weighted by Gasteiger charge is -2.20. The Bertz CT molecular complexity index is 1260. The standard InChI is InChI=1S/C77H151NO5/c1-3-5-7-9-11-13-15-17-19-21-39-43-47-51-55-59-63-67-71-77(82)83-72-68-64-60-56-52-48-44-40-36-34-32-30-28-26-24-22-23-25-27-29-31-33-35-38-42-46-50-54-58-62-66-70-76(81)78-74(73-79)75(80)69-65-61-57-53-49-45-41-37-20-18-16-14-12-10-8-6-4-2/h65,69,74-75,79-80H,3-64,66-68,70-73H2,1-2H3,(H,78,81)/b69-65+. The van der Waals surface area contributed by atoms with Gasteiger partial charge in [-0.15, -0.1) is 0 Å². The van der Waals surface area contributed by atoms with Gasteiger partial charge in [-0.1, -0.05) is 411 Å². The van der Waals surface area contributed by atoms with Crippen LogP contribution in [-0.4, -0.2) is 47.4 Å². The number of carbonyl (C=O) groups excluding carboxylic acids is 2. The lowest BCUT2D eigenvalue weighted by Crippen LogP contribution is -2.45. The van der Waals surface area contributed by atoms with Gasteiger partial charge in [0.25, 0.3) is 0 Å². The summed E-state index contributed by atoms with van der Waals surface area (Å²) in [6.45, 7) is 4.96. The second-order valence-corrected chi connectivity index (χ2v) is 26.7. The van der Waals surface area contributed by atoms with Crippen LogP contribution in [0.1, 0.15) is 444 Å². The molecule has 6 nitrogen and oxygen atoms in total. The van der Waals surface area contributed by atoms with Crippen molar-refractivity contribution in [1.29, 1.82) is 0 Å². The zero-order valence-electron chi connectivity index (χ0n) is 56.7. The third kappa shape index (κ3) is 69.6. The zero-order chi connectivity index (χ0) is 59.9. The fraction of sp³-hybridized carbons (Fsp3) is 0.948. The van der Waals surface area contributed by atoms with Crippen molar-refractivity contribution >= 4 is 11.9 Å². The summed E-state index contributed by atoms with van der Waals surface area (Å²) in [6.07, 6.45) is 91.8. The quantitative estimate of drug-likeness (QED) is 0.0320. The Labute approximate surface area is 520 Å². The van der Waals surface area contributed by atoms with E-state index in [0.717, 1.165) is 38.5 Å². The molecule has 0 aliphatic heterocycles. The van der Waals surface area contributed by atoms with E-state index in [0.29, 0.717) is 19.4 Å². The van der Waals surface area contributed by atoms with Crippen LogP contribution < -0.4 is 5.32 Å². The van der Waals surface area contributed by atoms with Gasteiger partial charge in [-0.2, -0.15) is 0 Å². The van der Waals surface area contributed by atoms with E-state index in [2.05, 4.69) is 19.2 Å². The number of amides is 1. The molecule has 2 unspecified atom stereocenters. The summed E-state index contributed by atoms with van der Waals surface area (Å²) in [4.78, 5) is 24.6. The fourth-order valence-corrected chi connectivity index (χ4v) is 12.5. The molecule has 0 spiro atoms. The summed E-state index contributed by atoms with van der Waals surface area (Å²) < 4.78 is 5.52. The number of ether oxygens (including phenoxy) is 1. The summed E-state index contributed by atoms with van der Waals surface area (Å²) in [6, 6.07) is -0.624. The second kappa shape index (κ2) is 73.1. The lowest BCUT2D eigenvalue weighted by atomic mass is 10.0. The maximum atomic E-state index is 12.5. The van der Waals surface area contributed by atoms with Crippen LogP contribution in [0.15, 0.2) is 12.2 Å². The summed E-state index contributed by atoms with van der Waals surface area (Å²) in [7, 11) is 0. The first-order valence-electron chi connectivity index (χ1n) is 38.5. The van der Waals surface area contributed by atoms with Crippen molar-refractivity contribution in [2.24, 2.45) is 0 Å². The molecule has 2 atom stereocenters. The van der Waals surface area contributed by atoms with Crippen LogP contribution in [-0.2, 0) is 14.3 Å². The van der Waals surface area contributed by atoms with E-state index in [-0.39, 0.29) is 18.5 Å². The summed E-state index contributed by atoms with van der Waals surface area (Å²) in [5.41, 5.74) is 0. The lowest BCUT2D eigenvalue weighted by molar-refractivity contribution is -0.143. The second-order valence-electron chi connectivity index (χ2n) is 26.7. The molecule has 0 rings (SSSR count). The molecule has 0 aliphatic carbocycles. The average molecular weight is 1170 g/mol. The SMILES string of the molecule is CCCCCCCCCCCCCCCCC/C=C/C(O)C(CO)NC(=O)CCCCCCCCCCCCCCCCCCCCCCCCCCCCCCCCCOC(=O)CCCCCCCCCCCCCCCCCCCC. The number of allylic oxidation sites excluding steroid dienone is 1. The summed E-state index contributed by atoms with van der Waals surface area (Å²) in [5, 5.41) is 23.2. The predicted octanol–water partition coefficient (Wildman–Crippen LogP) is 25.1. The Morgan fingerprint density at radius 2 is 0.554 bits per heavy atom. The van der Waals surface area contributed by atoms with Crippen LogP contribution in [0.5, 0.6) is 0 Å². The number of hydrogen-bond donors (Lipinski definition) is 3. The normalized spacial score (nSPS) is 12.5. The van der Waals surface area contributed by atoms with E-state index >= 15 is 0 Å². The number of rotatable bonds is 73. The largest absolute Gasteiger partial charge is 0.466 e. The molecule has 0 aromatic carbocycles. The highest BCUT2D eigenvalue weighted by atomic mass is 16.5. The van der Waals surface area contributed by atoms with E-state index in [1.54, 1.807) is 6.08 Å². The molecular formula is C77H151NO5. The van der Waals surface area contributed by atoms with Crippen molar-refractivity contribution in [3.8, 4) is 0 Å². The molecule has 0 bridgehead atoms. The number of hydrogen-bond acceptors (Lipinski definition) is 5. The molecule has 494 valence electrons. The smallest absolute Gasteiger partial charge is 0.305 e. The Morgan fingerprint density at radius 1 is 0.325 bits per heavy atom. The van der Waals surface area contributed by atoms with Crippen LogP contribution in [0, 0.1) is 0 Å². The molecule has 0 aromatic rings. The van der Waals surface area contributed by atoms with Gasteiger partial charge >= 0.3 is 5.97 Å². The summed E-state index contributed by atoms with van der Waals surface area (Å²) >= 11 is 0. The molecule has 6 heteroatoms. The van der Waals surface area contributed by atoms with Gasteiger partial charge in [0.15, 0.2) is 0 Å². The number of unbranched alkanes of at least 4 members (excludes halogenated alkanes) is 62. The molecule has 0 saturated heterocycles. The first-order valence-corrected chi connectivity index (χ1v) is 38.5. The first kappa shape index (κ1) is 81.6. The van der Waals surface area contributed by atoms with Gasteiger partial charge in [-0.05, 0) is 32.1 Å². The highest BCUT2D eigenvalue weighted by Gasteiger charge is 2.18. The van der Waals surface area contributed by atoms with Gasteiger partial charge in [0.1, 0.15) is 0 Å². The van der Waals surface area contributed by atoms with Crippen LogP contribution in [0.4, 0.5) is 0 Å². The minimum Gasteiger partial charge on any atom is -0.466 e. The van der Waals surface area contributed by atoms with Crippen molar-refractivity contribution in [3.63, 3.8) is 0 Å².